The van der Waals surface area contributed by atoms with Crippen LogP contribution in [-0.4, -0.2) is 25.3 Å². The molecule has 18 heavy (non-hydrogen) atoms. The third-order valence-electron chi connectivity index (χ3n) is 3.65. The standard InChI is InChI=1S/C16H31NO/c1-6-17-14(13-11-9-8-10-12-13)15(18-7-2)16(3,4)5/h11,14-15,17H,6-10,12H2,1-5H3. The molecule has 0 heterocycles. The predicted molar refractivity (Wildman–Crippen MR) is 78.9 cm³/mol. The van der Waals surface area contributed by atoms with E-state index in [0.29, 0.717) is 6.04 Å². The first-order valence-electron chi connectivity index (χ1n) is 7.54. The van der Waals surface area contributed by atoms with E-state index in [1.54, 1.807) is 5.57 Å². The second-order valence-corrected chi connectivity index (χ2v) is 6.30. The molecule has 1 aliphatic rings. The van der Waals surface area contributed by atoms with Crippen molar-refractivity contribution in [3.8, 4) is 0 Å². The van der Waals surface area contributed by atoms with Crippen molar-refractivity contribution in [2.45, 2.75) is 72.4 Å². The molecule has 0 spiro atoms. The van der Waals surface area contributed by atoms with E-state index < -0.39 is 0 Å². The molecule has 2 heteroatoms. The van der Waals surface area contributed by atoms with Crippen molar-refractivity contribution in [1.29, 1.82) is 0 Å². The normalized spacial score (nSPS) is 20.4. The summed E-state index contributed by atoms with van der Waals surface area (Å²) < 4.78 is 6.07. The fourth-order valence-corrected chi connectivity index (χ4v) is 2.82. The first-order chi connectivity index (χ1) is 8.50. The van der Waals surface area contributed by atoms with Crippen molar-refractivity contribution in [3.63, 3.8) is 0 Å². The Morgan fingerprint density at radius 1 is 1.28 bits per heavy atom. The van der Waals surface area contributed by atoms with Gasteiger partial charge in [-0.1, -0.05) is 39.3 Å². The average molecular weight is 253 g/mol. The highest BCUT2D eigenvalue weighted by atomic mass is 16.5. The zero-order valence-electron chi connectivity index (χ0n) is 12.9. The van der Waals surface area contributed by atoms with Gasteiger partial charge in [-0.15, -0.1) is 0 Å². The van der Waals surface area contributed by atoms with Crippen LogP contribution in [0.4, 0.5) is 0 Å². The molecule has 1 rings (SSSR count). The highest BCUT2D eigenvalue weighted by Crippen LogP contribution is 2.31. The van der Waals surface area contributed by atoms with Crippen molar-refractivity contribution in [3.05, 3.63) is 11.6 Å². The third-order valence-corrected chi connectivity index (χ3v) is 3.65. The van der Waals surface area contributed by atoms with Crippen LogP contribution >= 0.6 is 0 Å². The van der Waals surface area contributed by atoms with Gasteiger partial charge in [-0.25, -0.2) is 0 Å². The maximum atomic E-state index is 6.07. The van der Waals surface area contributed by atoms with Crippen LogP contribution in [0.15, 0.2) is 11.6 Å². The van der Waals surface area contributed by atoms with Gasteiger partial charge in [0.25, 0.3) is 0 Å². The van der Waals surface area contributed by atoms with Crippen molar-refractivity contribution >= 4 is 0 Å². The van der Waals surface area contributed by atoms with Gasteiger partial charge in [0.05, 0.1) is 12.1 Å². The van der Waals surface area contributed by atoms with Crippen molar-refractivity contribution < 1.29 is 4.74 Å². The molecular formula is C16H31NO. The van der Waals surface area contributed by atoms with Crippen molar-refractivity contribution in [1.82, 2.24) is 5.32 Å². The fourth-order valence-electron chi connectivity index (χ4n) is 2.82. The van der Waals surface area contributed by atoms with E-state index in [9.17, 15) is 0 Å². The lowest BCUT2D eigenvalue weighted by Gasteiger charge is -2.39. The van der Waals surface area contributed by atoms with Gasteiger partial charge in [0.2, 0.25) is 0 Å². The Labute approximate surface area is 113 Å². The molecule has 1 N–H and O–H groups in total. The summed E-state index contributed by atoms with van der Waals surface area (Å²) in [6.45, 7) is 12.9. The van der Waals surface area contributed by atoms with Crippen LogP contribution in [-0.2, 0) is 4.74 Å². The molecule has 0 aromatic heterocycles. The highest BCUT2D eigenvalue weighted by Gasteiger charge is 2.34. The van der Waals surface area contributed by atoms with Crippen LogP contribution in [0.1, 0.15) is 60.3 Å². The zero-order chi connectivity index (χ0) is 13.6. The van der Waals surface area contributed by atoms with Gasteiger partial charge in [0, 0.05) is 6.61 Å². The lowest BCUT2D eigenvalue weighted by atomic mass is 9.79. The molecule has 106 valence electrons. The fraction of sp³-hybridized carbons (Fsp3) is 0.875. The van der Waals surface area contributed by atoms with E-state index in [-0.39, 0.29) is 11.5 Å². The van der Waals surface area contributed by atoms with Crippen LogP contribution in [0.25, 0.3) is 0 Å². The average Bonchev–Trinajstić information content (AvgIpc) is 2.33. The Balaban J connectivity index is 2.88. The summed E-state index contributed by atoms with van der Waals surface area (Å²) in [6, 6.07) is 0.384. The number of nitrogens with one attached hydrogen (secondary N) is 1. The van der Waals surface area contributed by atoms with Crippen molar-refractivity contribution in [2.75, 3.05) is 13.2 Å². The van der Waals surface area contributed by atoms with E-state index >= 15 is 0 Å². The summed E-state index contributed by atoms with van der Waals surface area (Å²) in [4.78, 5) is 0. The Kier molecular flexibility index (Phi) is 6.37. The van der Waals surface area contributed by atoms with E-state index in [1.807, 2.05) is 0 Å². The van der Waals surface area contributed by atoms with Crippen LogP contribution in [0, 0.1) is 5.41 Å². The molecular weight excluding hydrogens is 222 g/mol. The van der Waals surface area contributed by atoms with Gasteiger partial charge < -0.3 is 10.1 Å². The molecule has 2 unspecified atom stereocenters. The zero-order valence-corrected chi connectivity index (χ0v) is 12.9. The number of hydrogen-bond acceptors (Lipinski definition) is 2. The van der Waals surface area contributed by atoms with Crippen LogP contribution in [0.3, 0.4) is 0 Å². The van der Waals surface area contributed by atoms with E-state index in [2.05, 4.69) is 46.0 Å². The number of likely N-dealkylation sites (N-methyl/N-ethyl adjacent to an activating group) is 1. The maximum absolute atomic E-state index is 6.07. The van der Waals surface area contributed by atoms with E-state index in [0.717, 1.165) is 13.2 Å². The van der Waals surface area contributed by atoms with Gasteiger partial charge in [-0.2, -0.15) is 0 Å². The quantitative estimate of drug-likeness (QED) is 0.725. The molecule has 0 fully saturated rings. The molecule has 0 saturated heterocycles. The Morgan fingerprint density at radius 3 is 2.44 bits per heavy atom. The highest BCUT2D eigenvalue weighted by molar-refractivity contribution is 5.17. The SMILES string of the molecule is CCNC(C1=CCCCC1)C(OCC)C(C)(C)C. The number of allylic oxidation sites excluding steroid dienone is 1. The lowest BCUT2D eigenvalue weighted by Crippen LogP contribution is -2.49. The summed E-state index contributed by atoms with van der Waals surface area (Å²) in [5, 5.41) is 3.65. The summed E-state index contributed by atoms with van der Waals surface area (Å²) in [7, 11) is 0. The summed E-state index contributed by atoms with van der Waals surface area (Å²) in [5.74, 6) is 0. The predicted octanol–water partition coefficient (Wildman–Crippen LogP) is 3.92. The van der Waals surface area contributed by atoms with Gasteiger partial charge in [0.15, 0.2) is 0 Å². The molecule has 0 aliphatic heterocycles. The summed E-state index contributed by atoms with van der Waals surface area (Å²) in [6.07, 6.45) is 7.84. The second-order valence-electron chi connectivity index (χ2n) is 6.30. The van der Waals surface area contributed by atoms with E-state index in [4.69, 9.17) is 4.74 Å². The van der Waals surface area contributed by atoms with Crippen LogP contribution < -0.4 is 5.32 Å². The minimum Gasteiger partial charge on any atom is -0.376 e. The van der Waals surface area contributed by atoms with Crippen LogP contribution in [0.5, 0.6) is 0 Å². The minimum atomic E-state index is 0.168. The molecule has 0 bridgehead atoms. The number of rotatable bonds is 6. The Morgan fingerprint density at radius 2 is 2.00 bits per heavy atom. The molecule has 2 nitrogen and oxygen atoms in total. The lowest BCUT2D eigenvalue weighted by molar-refractivity contribution is -0.0284. The molecule has 0 saturated carbocycles. The molecule has 2 atom stereocenters. The first-order valence-corrected chi connectivity index (χ1v) is 7.54. The Hall–Kier alpha value is -0.340. The monoisotopic (exact) mass is 253 g/mol. The number of hydrogen-bond donors (Lipinski definition) is 1. The summed E-state index contributed by atoms with van der Waals surface area (Å²) in [5.41, 5.74) is 1.73. The van der Waals surface area contributed by atoms with E-state index in [1.165, 1.54) is 25.7 Å². The number of ether oxygens (including phenoxy) is 1. The third kappa shape index (κ3) is 4.40. The molecule has 0 aromatic carbocycles. The first kappa shape index (κ1) is 15.7. The molecule has 1 aliphatic carbocycles. The Bertz CT molecular complexity index is 265. The summed E-state index contributed by atoms with van der Waals surface area (Å²) >= 11 is 0. The maximum Gasteiger partial charge on any atom is 0.0814 e. The molecule has 0 aromatic rings. The van der Waals surface area contributed by atoms with Crippen molar-refractivity contribution in [2.24, 2.45) is 5.41 Å². The molecule has 0 amide bonds. The second kappa shape index (κ2) is 7.30. The minimum absolute atomic E-state index is 0.168. The van der Waals surface area contributed by atoms with Gasteiger partial charge in [-0.05, 0) is 44.6 Å². The largest absolute Gasteiger partial charge is 0.376 e. The smallest absolute Gasteiger partial charge is 0.0814 e. The van der Waals surface area contributed by atoms with Gasteiger partial charge in [0.1, 0.15) is 0 Å². The van der Waals surface area contributed by atoms with Gasteiger partial charge >= 0.3 is 0 Å². The van der Waals surface area contributed by atoms with Gasteiger partial charge in [-0.3, -0.25) is 0 Å². The topological polar surface area (TPSA) is 21.3 Å². The molecule has 0 radical (unpaired) electrons. The van der Waals surface area contributed by atoms with Crippen LogP contribution in [0.2, 0.25) is 0 Å².